The van der Waals surface area contributed by atoms with Crippen LogP contribution < -0.4 is 24.2 Å². The minimum Gasteiger partial charge on any atom is -0.449 e. The second-order valence-corrected chi connectivity index (χ2v) is 5.80. The lowest BCUT2D eigenvalue weighted by atomic mass is 10.3. The zero-order chi connectivity index (χ0) is 16.0. The summed E-state index contributed by atoms with van der Waals surface area (Å²) in [5.41, 5.74) is 0. The summed E-state index contributed by atoms with van der Waals surface area (Å²) < 4.78 is 24.4. The Morgan fingerprint density at radius 1 is 1.36 bits per heavy atom. The summed E-state index contributed by atoms with van der Waals surface area (Å²) in [6.45, 7) is 4.89. The van der Waals surface area contributed by atoms with E-state index >= 15 is 0 Å². The predicted molar refractivity (Wildman–Crippen MR) is 83.3 cm³/mol. The minimum absolute atomic E-state index is 0.331. The van der Waals surface area contributed by atoms with Crippen LogP contribution in [0.3, 0.4) is 0 Å². The van der Waals surface area contributed by atoms with Crippen LogP contribution in [-0.2, 0) is 4.74 Å². The van der Waals surface area contributed by atoms with E-state index in [0.29, 0.717) is 36.3 Å². The van der Waals surface area contributed by atoms with E-state index in [1.807, 2.05) is 0 Å². The largest absolute Gasteiger partial charge is 0.449 e. The number of para-hydroxylation sites is 1. The lowest BCUT2D eigenvalue weighted by molar-refractivity contribution is -0.0438. The monoisotopic (exact) mass is 328 g/mol. The molecule has 2 rings (SSSR count). The fraction of sp³-hybridized carbons (Fsp3) is 0.500. The SMILES string of the molecule is COCCNSCNC(=O)Oc1cccc2c1OC(C)(C)O2. The van der Waals surface area contributed by atoms with Gasteiger partial charge < -0.3 is 24.3 Å². The molecule has 1 aliphatic rings. The highest BCUT2D eigenvalue weighted by Gasteiger charge is 2.34. The van der Waals surface area contributed by atoms with Crippen molar-refractivity contribution in [1.82, 2.24) is 10.0 Å². The van der Waals surface area contributed by atoms with Crippen LogP contribution in [0.15, 0.2) is 18.2 Å². The molecular weight excluding hydrogens is 308 g/mol. The average molecular weight is 328 g/mol. The van der Waals surface area contributed by atoms with Crippen molar-refractivity contribution in [1.29, 1.82) is 0 Å². The number of amides is 1. The van der Waals surface area contributed by atoms with Gasteiger partial charge in [-0.3, -0.25) is 4.72 Å². The smallest absolute Gasteiger partial charge is 0.413 e. The fourth-order valence-corrected chi connectivity index (χ4v) is 2.31. The Morgan fingerprint density at radius 3 is 2.95 bits per heavy atom. The number of hydrogen-bond donors (Lipinski definition) is 2. The highest BCUT2D eigenvalue weighted by Crippen LogP contribution is 2.45. The number of nitrogens with one attached hydrogen (secondary N) is 2. The van der Waals surface area contributed by atoms with Crippen molar-refractivity contribution in [2.45, 2.75) is 19.6 Å². The molecule has 0 radical (unpaired) electrons. The molecule has 0 aliphatic carbocycles. The molecule has 0 spiro atoms. The molecule has 1 heterocycles. The van der Waals surface area contributed by atoms with Gasteiger partial charge >= 0.3 is 6.09 Å². The second-order valence-electron chi connectivity index (χ2n) is 4.93. The van der Waals surface area contributed by atoms with Gasteiger partial charge in [0.05, 0.1) is 12.5 Å². The van der Waals surface area contributed by atoms with Crippen LogP contribution in [0, 0.1) is 0 Å². The minimum atomic E-state index is -0.764. The molecule has 0 fully saturated rings. The Kier molecular flexibility index (Phi) is 5.76. The third-order valence-electron chi connectivity index (χ3n) is 2.65. The van der Waals surface area contributed by atoms with E-state index in [1.165, 1.54) is 11.9 Å². The lowest BCUT2D eigenvalue weighted by Gasteiger charge is -2.16. The Morgan fingerprint density at radius 2 is 2.18 bits per heavy atom. The molecule has 0 bridgehead atoms. The van der Waals surface area contributed by atoms with Crippen molar-refractivity contribution >= 4 is 18.0 Å². The van der Waals surface area contributed by atoms with Crippen molar-refractivity contribution in [2.75, 3.05) is 26.1 Å². The van der Waals surface area contributed by atoms with Gasteiger partial charge in [-0.05, 0) is 12.1 Å². The molecule has 8 heteroatoms. The Labute approximate surface area is 133 Å². The molecule has 0 atom stereocenters. The highest BCUT2D eigenvalue weighted by atomic mass is 32.2. The van der Waals surface area contributed by atoms with Crippen LogP contribution in [0.4, 0.5) is 4.79 Å². The molecule has 1 aliphatic heterocycles. The summed E-state index contributed by atoms with van der Waals surface area (Å²) in [4.78, 5) is 11.8. The molecule has 2 N–H and O–H groups in total. The summed E-state index contributed by atoms with van der Waals surface area (Å²) in [5, 5.41) is 2.62. The number of hydrogen-bond acceptors (Lipinski definition) is 7. The third kappa shape index (κ3) is 4.69. The first-order valence-electron chi connectivity index (χ1n) is 6.82. The van der Waals surface area contributed by atoms with Crippen LogP contribution in [0.25, 0.3) is 0 Å². The van der Waals surface area contributed by atoms with Crippen LogP contribution >= 0.6 is 11.9 Å². The molecule has 22 heavy (non-hydrogen) atoms. The zero-order valence-corrected chi connectivity index (χ0v) is 13.6. The van der Waals surface area contributed by atoms with E-state index in [1.54, 1.807) is 39.2 Å². The number of rotatable bonds is 7. The van der Waals surface area contributed by atoms with Gasteiger partial charge in [0.2, 0.25) is 11.5 Å². The summed E-state index contributed by atoms with van der Waals surface area (Å²) in [6, 6.07) is 5.17. The summed E-state index contributed by atoms with van der Waals surface area (Å²) in [5.74, 6) is 0.942. The first-order chi connectivity index (χ1) is 10.5. The number of benzene rings is 1. The van der Waals surface area contributed by atoms with Crippen LogP contribution in [0.2, 0.25) is 0 Å². The maximum atomic E-state index is 11.8. The molecule has 1 amide bonds. The first kappa shape index (κ1) is 16.7. The van der Waals surface area contributed by atoms with Gasteiger partial charge in [0.1, 0.15) is 0 Å². The number of methoxy groups -OCH3 is 1. The number of ether oxygens (including phenoxy) is 4. The number of fused-ring (bicyclic) bond motifs is 1. The Balaban J connectivity index is 1.80. The van der Waals surface area contributed by atoms with E-state index in [0.717, 1.165) is 0 Å². The zero-order valence-electron chi connectivity index (χ0n) is 12.8. The Bertz CT molecular complexity index is 524. The van der Waals surface area contributed by atoms with E-state index in [2.05, 4.69) is 10.0 Å². The molecule has 0 aromatic heterocycles. The van der Waals surface area contributed by atoms with Gasteiger partial charge in [-0.25, -0.2) is 4.79 Å². The molecule has 0 unspecified atom stereocenters. The quantitative estimate of drug-likeness (QED) is 0.451. The molecule has 0 saturated carbocycles. The lowest BCUT2D eigenvalue weighted by Crippen LogP contribution is -2.30. The standard InChI is InChI=1S/C14H20N2O5S/c1-14(2)20-11-6-4-5-10(12(11)21-14)19-13(17)15-9-22-16-7-8-18-3/h4-6,16H,7-9H2,1-3H3,(H,15,17). The average Bonchev–Trinajstić information content (AvgIpc) is 2.78. The second kappa shape index (κ2) is 7.57. The molecule has 7 nitrogen and oxygen atoms in total. The van der Waals surface area contributed by atoms with Crippen LogP contribution in [0.5, 0.6) is 17.2 Å². The van der Waals surface area contributed by atoms with Crippen molar-refractivity contribution in [3.63, 3.8) is 0 Å². The van der Waals surface area contributed by atoms with Gasteiger partial charge in [0, 0.05) is 27.5 Å². The summed E-state index contributed by atoms with van der Waals surface area (Å²) in [7, 11) is 1.63. The fourth-order valence-electron chi connectivity index (χ4n) is 1.79. The summed E-state index contributed by atoms with van der Waals surface area (Å²) >= 11 is 1.36. The molecule has 0 saturated heterocycles. The van der Waals surface area contributed by atoms with Crippen molar-refractivity contribution < 1.29 is 23.7 Å². The van der Waals surface area contributed by atoms with Gasteiger partial charge in [-0.15, -0.1) is 0 Å². The Hall–Kier alpha value is -1.64. The van der Waals surface area contributed by atoms with Gasteiger partial charge in [-0.2, -0.15) is 0 Å². The van der Waals surface area contributed by atoms with Crippen LogP contribution in [-0.4, -0.2) is 38.0 Å². The highest BCUT2D eigenvalue weighted by molar-refractivity contribution is 7.97. The maximum absolute atomic E-state index is 11.8. The molecule has 1 aromatic carbocycles. The predicted octanol–water partition coefficient (Wildman–Crippen LogP) is 2.12. The first-order valence-corrected chi connectivity index (χ1v) is 7.81. The van der Waals surface area contributed by atoms with Gasteiger partial charge in [-0.1, -0.05) is 18.0 Å². The van der Waals surface area contributed by atoms with E-state index in [4.69, 9.17) is 18.9 Å². The van der Waals surface area contributed by atoms with Crippen molar-refractivity contribution in [3.8, 4) is 17.2 Å². The number of carbonyl (C=O) groups is 1. The normalized spacial score (nSPS) is 14.7. The third-order valence-corrected chi connectivity index (χ3v) is 3.34. The maximum Gasteiger partial charge on any atom is 0.413 e. The van der Waals surface area contributed by atoms with E-state index in [-0.39, 0.29) is 0 Å². The van der Waals surface area contributed by atoms with Crippen molar-refractivity contribution in [3.05, 3.63) is 18.2 Å². The molecule has 122 valence electrons. The molecular formula is C14H20N2O5S. The summed E-state index contributed by atoms with van der Waals surface area (Å²) in [6.07, 6.45) is -0.553. The van der Waals surface area contributed by atoms with Crippen LogP contribution in [0.1, 0.15) is 13.8 Å². The molecule has 1 aromatic rings. The van der Waals surface area contributed by atoms with E-state index in [9.17, 15) is 4.79 Å². The van der Waals surface area contributed by atoms with Crippen molar-refractivity contribution in [2.24, 2.45) is 0 Å². The number of carbonyl (C=O) groups excluding carboxylic acids is 1. The van der Waals surface area contributed by atoms with Gasteiger partial charge in [0.25, 0.3) is 0 Å². The van der Waals surface area contributed by atoms with Gasteiger partial charge in [0.15, 0.2) is 11.5 Å². The topological polar surface area (TPSA) is 78.1 Å². The van der Waals surface area contributed by atoms with E-state index < -0.39 is 11.9 Å².